The van der Waals surface area contributed by atoms with Crippen molar-refractivity contribution in [1.29, 1.82) is 0 Å². The first-order valence-corrected chi connectivity index (χ1v) is 8.02. The third-order valence-corrected chi connectivity index (χ3v) is 5.87. The van der Waals surface area contributed by atoms with Crippen molar-refractivity contribution in [1.82, 2.24) is 5.32 Å². The Hall–Kier alpha value is -1.42. The Labute approximate surface area is 124 Å². The minimum atomic E-state index is -0.108. The van der Waals surface area contributed by atoms with E-state index in [2.05, 4.69) is 5.32 Å². The highest BCUT2D eigenvalue weighted by atomic mass is 16.3. The van der Waals surface area contributed by atoms with Crippen molar-refractivity contribution in [2.45, 2.75) is 50.6 Å². The first-order valence-electron chi connectivity index (χ1n) is 8.02. The summed E-state index contributed by atoms with van der Waals surface area (Å²) in [5.41, 5.74) is 0.689. The second-order valence-electron chi connectivity index (χ2n) is 7.51. The topological polar surface area (TPSA) is 72.7 Å². The zero-order valence-corrected chi connectivity index (χ0v) is 12.2. The van der Waals surface area contributed by atoms with Gasteiger partial charge in [-0.25, -0.2) is 0 Å². The lowest BCUT2D eigenvalue weighted by molar-refractivity contribution is -0.0207. The van der Waals surface area contributed by atoms with Gasteiger partial charge in [0.15, 0.2) is 0 Å². The summed E-state index contributed by atoms with van der Waals surface area (Å²) in [6, 6.07) is 2.58. The van der Waals surface area contributed by atoms with Crippen molar-refractivity contribution in [3.05, 3.63) is 17.7 Å². The second kappa shape index (κ2) is 4.54. The molecule has 1 aromatic rings. The van der Waals surface area contributed by atoms with E-state index < -0.39 is 0 Å². The molecule has 21 heavy (non-hydrogen) atoms. The van der Waals surface area contributed by atoms with Gasteiger partial charge in [0.05, 0.1) is 0 Å². The molecule has 0 aliphatic heterocycles. The number of hydrogen-bond acceptors (Lipinski definition) is 4. The molecule has 0 aromatic heterocycles. The van der Waals surface area contributed by atoms with Crippen LogP contribution >= 0.6 is 0 Å². The number of hydrogen-bond donors (Lipinski definition) is 4. The normalized spacial score (nSPS) is 37.0. The number of aromatic hydroxyl groups is 3. The molecular formula is C17H23NO3. The van der Waals surface area contributed by atoms with Gasteiger partial charge in [-0.05, 0) is 56.3 Å². The quantitative estimate of drug-likeness (QED) is 0.690. The third kappa shape index (κ3) is 2.26. The van der Waals surface area contributed by atoms with Crippen molar-refractivity contribution >= 4 is 0 Å². The van der Waals surface area contributed by atoms with Gasteiger partial charge in [0.1, 0.15) is 17.2 Å². The van der Waals surface area contributed by atoms with Crippen LogP contribution in [-0.2, 0) is 6.54 Å². The highest BCUT2D eigenvalue weighted by molar-refractivity contribution is 5.48. The van der Waals surface area contributed by atoms with Crippen LogP contribution < -0.4 is 5.32 Å². The van der Waals surface area contributed by atoms with Gasteiger partial charge in [-0.1, -0.05) is 0 Å². The van der Waals surface area contributed by atoms with E-state index in [0.29, 0.717) is 12.1 Å². The van der Waals surface area contributed by atoms with Crippen molar-refractivity contribution in [2.75, 3.05) is 0 Å². The van der Waals surface area contributed by atoms with Crippen LogP contribution in [0.3, 0.4) is 0 Å². The molecule has 4 nitrogen and oxygen atoms in total. The standard InChI is InChI=1S/C17H23NO3/c19-13-4-15(20)14(16(21)5-13)9-18-17-6-10-1-11(7-17)3-12(2-10)8-17/h4-5,10-12,18-21H,1-3,6-9H2. The van der Waals surface area contributed by atoms with Gasteiger partial charge in [-0.15, -0.1) is 0 Å². The van der Waals surface area contributed by atoms with E-state index in [-0.39, 0.29) is 22.8 Å². The summed E-state index contributed by atoms with van der Waals surface area (Å²) < 4.78 is 0. The van der Waals surface area contributed by atoms with Crippen LogP contribution in [0.1, 0.15) is 44.1 Å². The van der Waals surface area contributed by atoms with Gasteiger partial charge in [0.25, 0.3) is 0 Å². The maximum atomic E-state index is 9.93. The minimum absolute atomic E-state index is 0.0373. The van der Waals surface area contributed by atoms with Crippen LogP contribution in [-0.4, -0.2) is 20.9 Å². The fraction of sp³-hybridized carbons (Fsp3) is 0.647. The highest BCUT2D eigenvalue weighted by Crippen LogP contribution is 2.55. The van der Waals surface area contributed by atoms with Gasteiger partial charge in [-0.3, -0.25) is 0 Å². The van der Waals surface area contributed by atoms with Gasteiger partial charge >= 0.3 is 0 Å². The Morgan fingerprint density at radius 2 is 1.38 bits per heavy atom. The third-order valence-electron chi connectivity index (χ3n) is 5.87. The summed E-state index contributed by atoms with van der Waals surface area (Å²) in [6.07, 6.45) is 7.90. The Bertz CT molecular complexity index is 511. The number of rotatable bonds is 3. The molecule has 4 saturated carbocycles. The van der Waals surface area contributed by atoms with E-state index in [1.807, 2.05) is 0 Å². The lowest BCUT2D eigenvalue weighted by atomic mass is 9.53. The van der Waals surface area contributed by atoms with E-state index in [1.54, 1.807) is 0 Å². The van der Waals surface area contributed by atoms with E-state index >= 15 is 0 Å². The lowest BCUT2D eigenvalue weighted by Crippen LogP contribution is -2.58. The van der Waals surface area contributed by atoms with Crippen LogP contribution in [0.15, 0.2) is 12.1 Å². The average Bonchev–Trinajstić information content (AvgIpc) is 2.35. The average molecular weight is 289 g/mol. The summed E-state index contributed by atoms with van der Waals surface area (Å²) in [4.78, 5) is 0. The molecule has 0 amide bonds. The highest BCUT2D eigenvalue weighted by Gasteiger charge is 2.50. The second-order valence-corrected chi connectivity index (χ2v) is 7.51. The largest absolute Gasteiger partial charge is 0.508 e. The van der Waals surface area contributed by atoms with Gasteiger partial charge < -0.3 is 20.6 Å². The molecule has 1 aromatic carbocycles. The fourth-order valence-corrected chi connectivity index (χ4v) is 5.41. The first-order chi connectivity index (χ1) is 10.0. The van der Waals surface area contributed by atoms with E-state index in [1.165, 1.54) is 50.7 Å². The molecule has 4 bridgehead atoms. The lowest BCUT2D eigenvalue weighted by Gasteiger charge is -2.57. The van der Waals surface area contributed by atoms with Gasteiger partial charge in [0.2, 0.25) is 0 Å². The molecule has 0 atom stereocenters. The predicted molar refractivity (Wildman–Crippen MR) is 79.2 cm³/mol. The molecule has 4 aliphatic rings. The molecule has 0 spiro atoms. The molecule has 5 rings (SSSR count). The summed E-state index contributed by atoms with van der Waals surface area (Å²) >= 11 is 0. The summed E-state index contributed by atoms with van der Waals surface area (Å²) in [5, 5.41) is 32.9. The van der Waals surface area contributed by atoms with E-state index in [4.69, 9.17) is 0 Å². The zero-order valence-electron chi connectivity index (χ0n) is 12.2. The minimum Gasteiger partial charge on any atom is -0.508 e. The SMILES string of the molecule is Oc1cc(O)c(CNC23CC4CC(CC(C4)C2)C3)c(O)c1. The molecule has 0 radical (unpaired) electrons. The molecule has 4 heteroatoms. The summed E-state index contributed by atoms with van der Waals surface area (Å²) in [5.74, 6) is 2.42. The molecular weight excluding hydrogens is 266 g/mol. The van der Waals surface area contributed by atoms with Gasteiger partial charge in [0, 0.05) is 29.8 Å². The predicted octanol–water partition coefficient (Wildman–Crippen LogP) is 2.86. The van der Waals surface area contributed by atoms with Crippen molar-refractivity contribution in [2.24, 2.45) is 17.8 Å². The maximum Gasteiger partial charge on any atom is 0.127 e. The van der Waals surface area contributed by atoms with E-state index in [0.717, 1.165) is 17.8 Å². The maximum absolute atomic E-state index is 9.93. The van der Waals surface area contributed by atoms with Gasteiger partial charge in [-0.2, -0.15) is 0 Å². The van der Waals surface area contributed by atoms with Crippen LogP contribution in [0.25, 0.3) is 0 Å². The smallest absolute Gasteiger partial charge is 0.127 e. The Morgan fingerprint density at radius 1 is 0.905 bits per heavy atom. The fourth-order valence-electron chi connectivity index (χ4n) is 5.41. The zero-order chi connectivity index (χ0) is 14.6. The monoisotopic (exact) mass is 289 g/mol. The molecule has 0 heterocycles. The Balaban J connectivity index is 1.52. The number of nitrogens with one attached hydrogen (secondary N) is 1. The van der Waals surface area contributed by atoms with Crippen LogP contribution in [0.4, 0.5) is 0 Å². The Kier molecular flexibility index (Phi) is 2.86. The van der Waals surface area contributed by atoms with Crippen molar-refractivity contribution < 1.29 is 15.3 Å². The van der Waals surface area contributed by atoms with Crippen LogP contribution in [0, 0.1) is 17.8 Å². The van der Waals surface area contributed by atoms with Crippen LogP contribution in [0.5, 0.6) is 17.2 Å². The molecule has 0 saturated heterocycles. The molecule has 114 valence electrons. The molecule has 4 aliphatic carbocycles. The first kappa shape index (κ1) is 13.3. The van der Waals surface area contributed by atoms with Crippen molar-refractivity contribution in [3.63, 3.8) is 0 Å². The molecule has 4 fully saturated rings. The molecule has 4 N–H and O–H groups in total. The summed E-state index contributed by atoms with van der Waals surface area (Å²) in [7, 11) is 0. The Morgan fingerprint density at radius 3 is 1.86 bits per heavy atom. The molecule has 0 unspecified atom stereocenters. The number of phenols is 3. The summed E-state index contributed by atoms with van der Waals surface area (Å²) in [6.45, 7) is 0.462. The number of phenolic OH excluding ortho intramolecular Hbond substituents is 3. The van der Waals surface area contributed by atoms with Crippen LogP contribution in [0.2, 0.25) is 0 Å². The number of benzene rings is 1. The van der Waals surface area contributed by atoms with Crippen molar-refractivity contribution in [3.8, 4) is 17.2 Å². The van der Waals surface area contributed by atoms with E-state index in [9.17, 15) is 15.3 Å².